The molecule has 0 fully saturated rings. The fourth-order valence-corrected chi connectivity index (χ4v) is 5.15. The maximum Gasteiger partial charge on any atom is 0.0512 e. The molecule has 3 aromatic rings. The second-order valence-corrected chi connectivity index (χ2v) is 7.57. The summed E-state index contributed by atoms with van der Waals surface area (Å²) >= 11 is 0. The molecule has 0 saturated heterocycles. The summed E-state index contributed by atoms with van der Waals surface area (Å²) in [6.45, 7) is 0. The molecule has 0 aliphatic carbocycles. The van der Waals surface area contributed by atoms with Crippen LogP contribution in [0.5, 0.6) is 0 Å². The van der Waals surface area contributed by atoms with E-state index in [1.54, 1.807) is 0 Å². The van der Waals surface area contributed by atoms with Gasteiger partial charge in [0.1, 0.15) is 0 Å². The van der Waals surface area contributed by atoms with E-state index >= 15 is 0 Å². The summed E-state index contributed by atoms with van der Waals surface area (Å²) in [6, 6.07) is 30.5. The summed E-state index contributed by atoms with van der Waals surface area (Å²) in [5.74, 6) is 0. The highest BCUT2D eigenvalue weighted by Crippen LogP contribution is 2.42. The third kappa shape index (κ3) is 3.12. The summed E-state index contributed by atoms with van der Waals surface area (Å²) in [7, 11) is -2.28. The second-order valence-electron chi connectivity index (χ2n) is 4.68. The van der Waals surface area contributed by atoms with E-state index in [1.165, 1.54) is 0 Å². The average molecular weight is 405 g/mol. The molecule has 3 rings (SSSR count). The molecule has 0 bridgehead atoms. The van der Waals surface area contributed by atoms with Gasteiger partial charge >= 0.3 is 0 Å². The van der Waals surface area contributed by atoms with Gasteiger partial charge in [-0.1, -0.05) is 91.0 Å². The van der Waals surface area contributed by atoms with E-state index in [2.05, 4.69) is 36.4 Å². The van der Waals surface area contributed by atoms with Crippen LogP contribution in [0.4, 0.5) is 0 Å². The van der Waals surface area contributed by atoms with Gasteiger partial charge in [0, 0.05) is 0 Å². The number of nitrogens with one attached hydrogen (secondary N) is 1. The molecule has 0 aliphatic heterocycles. The summed E-state index contributed by atoms with van der Waals surface area (Å²) in [5, 5.41) is 12.5. The first-order valence-electron chi connectivity index (χ1n) is 6.63. The summed E-state index contributed by atoms with van der Waals surface area (Å²) in [6.07, 6.45) is 0. The second kappa shape index (κ2) is 7.06. The highest BCUT2D eigenvalue weighted by Gasteiger charge is 2.23. The van der Waals surface area contributed by atoms with Crippen molar-refractivity contribution in [2.24, 2.45) is 0 Å². The van der Waals surface area contributed by atoms with E-state index in [9.17, 15) is 5.16 Å². The van der Waals surface area contributed by atoms with Gasteiger partial charge in [0.25, 0.3) is 0 Å². The molecular weight excluding hydrogens is 388 g/mol. The third-order valence-corrected chi connectivity index (χ3v) is 6.65. The van der Waals surface area contributed by atoms with Crippen LogP contribution in [0.25, 0.3) is 0 Å². The van der Waals surface area contributed by atoms with Crippen molar-refractivity contribution in [3.63, 3.8) is 0 Å². The highest BCUT2D eigenvalue weighted by molar-refractivity contribution is 14.0. The Morgan fingerprint density at radius 3 is 0.952 bits per heavy atom. The van der Waals surface area contributed by atoms with Crippen LogP contribution in [0, 0.1) is 5.16 Å². The maximum absolute atomic E-state index is 9.25. The minimum Gasteiger partial charge on any atom is -0.305 e. The van der Waals surface area contributed by atoms with Gasteiger partial charge in [0.05, 0.1) is 7.05 Å². The van der Waals surface area contributed by atoms with Gasteiger partial charge in [-0.2, -0.15) is 0 Å². The zero-order valence-corrected chi connectivity index (χ0v) is 14.7. The quantitative estimate of drug-likeness (QED) is 0.495. The molecule has 21 heavy (non-hydrogen) atoms. The van der Waals surface area contributed by atoms with Gasteiger partial charge in [0.15, 0.2) is 0 Å². The average Bonchev–Trinajstić information content (AvgIpc) is 2.56. The molecule has 0 heterocycles. The summed E-state index contributed by atoms with van der Waals surface area (Å²) in [5.41, 5.74) is 0. The standard InChI is InChI=1S/C18H16NP.HI/c19-20(16-10-4-1-5-11-16,17-12-6-2-7-13-17)18-14-8-3-9-15-18;/h1-15,19H;1H. The van der Waals surface area contributed by atoms with Gasteiger partial charge in [-0.15, -0.1) is 24.0 Å². The maximum atomic E-state index is 9.25. The third-order valence-electron chi connectivity index (χ3n) is 3.43. The first-order chi connectivity index (χ1) is 9.82. The number of rotatable bonds is 3. The summed E-state index contributed by atoms with van der Waals surface area (Å²) in [4.78, 5) is 0. The predicted molar refractivity (Wildman–Crippen MR) is 103 cm³/mol. The molecular formula is C18H17INP. The van der Waals surface area contributed by atoms with E-state index in [4.69, 9.17) is 0 Å². The topological polar surface area (TPSA) is 23.9 Å². The fourth-order valence-electron chi connectivity index (χ4n) is 2.40. The van der Waals surface area contributed by atoms with Crippen LogP contribution in [-0.2, 0) is 0 Å². The number of hydrogen-bond acceptors (Lipinski definition) is 1. The fraction of sp³-hybridized carbons (Fsp3) is 0. The van der Waals surface area contributed by atoms with Gasteiger partial charge in [0.2, 0.25) is 0 Å². The normalized spacial score (nSPS) is 10.7. The molecule has 0 aromatic heterocycles. The Morgan fingerprint density at radius 1 is 0.476 bits per heavy atom. The van der Waals surface area contributed by atoms with Crippen LogP contribution in [0.2, 0.25) is 0 Å². The zero-order valence-electron chi connectivity index (χ0n) is 11.5. The van der Waals surface area contributed by atoms with Crippen LogP contribution in [-0.4, -0.2) is 0 Å². The molecule has 0 aliphatic rings. The van der Waals surface area contributed by atoms with Gasteiger partial charge < -0.3 is 5.16 Å². The Kier molecular flexibility index (Phi) is 5.38. The Hall–Kier alpha value is -1.38. The lowest BCUT2D eigenvalue weighted by molar-refractivity contribution is 1.59. The number of hydrogen-bond donors (Lipinski definition) is 1. The smallest absolute Gasteiger partial charge is 0.0512 e. The van der Waals surface area contributed by atoms with Crippen molar-refractivity contribution in [1.29, 1.82) is 5.16 Å². The molecule has 0 radical (unpaired) electrons. The van der Waals surface area contributed by atoms with Crippen molar-refractivity contribution in [1.82, 2.24) is 0 Å². The molecule has 0 amide bonds. The van der Waals surface area contributed by atoms with Crippen LogP contribution in [0.15, 0.2) is 91.0 Å². The van der Waals surface area contributed by atoms with Crippen molar-refractivity contribution >= 4 is 46.9 Å². The van der Waals surface area contributed by atoms with Gasteiger partial charge in [-0.05, 0) is 15.9 Å². The Labute approximate surface area is 142 Å². The Morgan fingerprint density at radius 2 is 0.714 bits per heavy atom. The first-order valence-corrected chi connectivity index (χ1v) is 8.42. The molecule has 1 nitrogen and oxygen atoms in total. The van der Waals surface area contributed by atoms with Crippen LogP contribution >= 0.6 is 31.0 Å². The van der Waals surface area contributed by atoms with E-state index in [0.717, 1.165) is 15.9 Å². The lowest BCUT2D eigenvalue weighted by Crippen LogP contribution is -2.24. The van der Waals surface area contributed by atoms with Crippen molar-refractivity contribution in [3.8, 4) is 0 Å². The Bertz CT molecular complexity index is 624. The number of benzene rings is 3. The SMILES string of the molecule is I.N=P(c1ccccc1)(c1ccccc1)c1ccccc1. The molecule has 0 spiro atoms. The lowest BCUT2D eigenvalue weighted by Gasteiger charge is -2.24. The lowest BCUT2D eigenvalue weighted by atomic mass is 10.4. The zero-order chi connectivity index (χ0) is 13.8. The van der Waals surface area contributed by atoms with Gasteiger partial charge in [-0.25, -0.2) is 0 Å². The van der Waals surface area contributed by atoms with Gasteiger partial charge in [-0.3, -0.25) is 0 Å². The number of halogens is 1. The first kappa shape index (κ1) is 16.0. The Balaban J connectivity index is 0.00000161. The van der Waals surface area contributed by atoms with Crippen LogP contribution in [0.3, 0.4) is 0 Å². The van der Waals surface area contributed by atoms with E-state index in [1.807, 2.05) is 54.6 Å². The minimum absolute atomic E-state index is 0. The summed E-state index contributed by atoms with van der Waals surface area (Å²) < 4.78 is 0. The van der Waals surface area contributed by atoms with E-state index in [0.29, 0.717) is 0 Å². The van der Waals surface area contributed by atoms with E-state index < -0.39 is 7.05 Å². The van der Waals surface area contributed by atoms with Crippen molar-refractivity contribution in [2.75, 3.05) is 0 Å². The molecule has 0 unspecified atom stereocenters. The molecule has 106 valence electrons. The molecule has 0 atom stereocenters. The molecule has 1 N–H and O–H groups in total. The van der Waals surface area contributed by atoms with Crippen molar-refractivity contribution in [2.45, 2.75) is 0 Å². The highest BCUT2D eigenvalue weighted by atomic mass is 127. The van der Waals surface area contributed by atoms with Crippen molar-refractivity contribution in [3.05, 3.63) is 91.0 Å². The van der Waals surface area contributed by atoms with Crippen molar-refractivity contribution < 1.29 is 0 Å². The molecule has 0 saturated carbocycles. The monoisotopic (exact) mass is 405 g/mol. The molecule has 3 heteroatoms. The molecule has 3 aromatic carbocycles. The van der Waals surface area contributed by atoms with Crippen LogP contribution in [0.1, 0.15) is 0 Å². The van der Waals surface area contributed by atoms with E-state index in [-0.39, 0.29) is 24.0 Å². The van der Waals surface area contributed by atoms with Crippen LogP contribution < -0.4 is 15.9 Å². The predicted octanol–water partition coefficient (Wildman–Crippen LogP) is 4.36. The minimum atomic E-state index is -2.28. The largest absolute Gasteiger partial charge is 0.305 e.